The van der Waals surface area contributed by atoms with Gasteiger partial charge in [-0.1, -0.05) is 13.0 Å². The minimum absolute atomic E-state index is 0.208. The number of nitrogens with zero attached hydrogens (tertiary/aromatic N) is 2. The monoisotopic (exact) mass is 261 g/mol. The Hall–Kier alpha value is -1.39. The van der Waals surface area contributed by atoms with E-state index >= 15 is 0 Å². The van der Waals surface area contributed by atoms with Crippen LogP contribution in [-0.2, 0) is 0 Å². The van der Waals surface area contributed by atoms with Gasteiger partial charge in [0, 0.05) is 18.6 Å². The summed E-state index contributed by atoms with van der Waals surface area (Å²) >= 11 is 0. The molecule has 0 aliphatic heterocycles. The smallest absolute Gasteiger partial charge is 0.104 e. The third kappa shape index (κ3) is 2.80. The third-order valence-electron chi connectivity index (χ3n) is 3.73. The van der Waals surface area contributed by atoms with E-state index in [-0.39, 0.29) is 18.6 Å². The van der Waals surface area contributed by atoms with Crippen LogP contribution in [0.5, 0.6) is 0 Å². The number of imidazole rings is 1. The lowest BCUT2D eigenvalue weighted by Gasteiger charge is -2.31. The van der Waals surface area contributed by atoms with Gasteiger partial charge in [-0.2, -0.15) is 0 Å². The highest BCUT2D eigenvalue weighted by atomic mass is 16.3. The lowest BCUT2D eigenvalue weighted by Crippen LogP contribution is -2.29. The van der Waals surface area contributed by atoms with Crippen molar-refractivity contribution < 1.29 is 5.11 Å². The number of aliphatic hydroxyl groups is 1. The van der Waals surface area contributed by atoms with Crippen molar-refractivity contribution in [3.05, 3.63) is 29.6 Å². The molecule has 4 heteroatoms. The van der Waals surface area contributed by atoms with Gasteiger partial charge in [0.05, 0.1) is 11.0 Å². The van der Waals surface area contributed by atoms with E-state index in [9.17, 15) is 5.11 Å². The number of aromatic amines is 1. The number of aromatic nitrogens is 2. The normalized spacial score (nSPS) is 15.1. The molecule has 0 radical (unpaired) electrons. The average Bonchev–Trinajstić information content (AvgIpc) is 2.74. The molecule has 2 unspecified atom stereocenters. The van der Waals surface area contributed by atoms with Crippen molar-refractivity contribution in [3.8, 4) is 0 Å². The van der Waals surface area contributed by atoms with Gasteiger partial charge in [0.2, 0.25) is 0 Å². The molecule has 1 aromatic carbocycles. The van der Waals surface area contributed by atoms with E-state index < -0.39 is 0 Å². The summed E-state index contributed by atoms with van der Waals surface area (Å²) < 4.78 is 0. The lowest BCUT2D eigenvalue weighted by molar-refractivity contribution is 0.130. The fourth-order valence-electron chi connectivity index (χ4n) is 2.78. The molecule has 0 bridgehead atoms. The van der Waals surface area contributed by atoms with Crippen LogP contribution in [0.3, 0.4) is 0 Å². The van der Waals surface area contributed by atoms with Gasteiger partial charge < -0.3 is 15.0 Å². The summed E-state index contributed by atoms with van der Waals surface area (Å²) in [6.07, 6.45) is 0.958. The first kappa shape index (κ1) is 14.0. The second-order valence-corrected chi connectivity index (χ2v) is 5.36. The second-order valence-electron chi connectivity index (χ2n) is 5.36. The molecule has 2 aromatic rings. The van der Waals surface area contributed by atoms with Crippen molar-refractivity contribution in [2.24, 2.45) is 5.92 Å². The summed E-state index contributed by atoms with van der Waals surface area (Å²) in [5.41, 5.74) is 3.28. The Morgan fingerprint density at radius 3 is 2.68 bits per heavy atom. The van der Waals surface area contributed by atoms with Crippen LogP contribution >= 0.6 is 0 Å². The average molecular weight is 261 g/mol. The maximum atomic E-state index is 9.58. The summed E-state index contributed by atoms with van der Waals surface area (Å²) in [6.45, 7) is 4.29. The highest BCUT2D eigenvalue weighted by molar-refractivity contribution is 5.76. The van der Waals surface area contributed by atoms with E-state index in [1.54, 1.807) is 0 Å². The van der Waals surface area contributed by atoms with Crippen molar-refractivity contribution in [1.29, 1.82) is 0 Å². The Labute approximate surface area is 114 Å². The highest BCUT2D eigenvalue weighted by Gasteiger charge is 2.23. The summed E-state index contributed by atoms with van der Waals surface area (Å²) in [6, 6.07) is 6.54. The van der Waals surface area contributed by atoms with E-state index in [2.05, 4.69) is 54.1 Å². The van der Waals surface area contributed by atoms with Gasteiger partial charge in [-0.05, 0) is 45.1 Å². The highest BCUT2D eigenvalue weighted by Crippen LogP contribution is 2.30. The van der Waals surface area contributed by atoms with Gasteiger partial charge in [0.25, 0.3) is 0 Å². The van der Waals surface area contributed by atoms with Gasteiger partial charge in [-0.15, -0.1) is 0 Å². The Balaban J connectivity index is 2.43. The summed E-state index contributed by atoms with van der Waals surface area (Å²) in [5, 5.41) is 9.58. The van der Waals surface area contributed by atoms with Crippen LogP contribution < -0.4 is 0 Å². The Bertz CT molecular complexity index is 543. The number of benzene rings is 1. The molecule has 0 saturated heterocycles. The van der Waals surface area contributed by atoms with Crippen molar-refractivity contribution in [3.63, 3.8) is 0 Å². The Kier molecular flexibility index (Phi) is 4.22. The van der Waals surface area contributed by atoms with Crippen LogP contribution in [0.1, 0.15) is 30.8 Å². The van der Waals surface area contributed by atoms with Crippen LogP contribution in [0.2, 0.25) is 0 Å². The van der Waals surface area contributed by atoms with Crippen LogP contribution in [0, 0.1) is 12.8 Å². The SMILES string of the molecule is CCC(CO)C(c1ccc2nc(C)[nH]c2c1)N(C)C. The van der Waals surface area contributed by atoms with E-state index in [4.69, 9.17) is 0 Å². The predicted molar refractivity (Wildman–Crippen MR) is 78.1 cm³/mol. The zero-order valence-electron chi connectivity index (χ0n) is 12.1. The number of aryl methyl sites for hydroxylation is 1. The lowest BCUT2D eigenvalue weighted by atomic mass is 9.90. The Morgan fingerprint density at radius 2 is 2.11 bits per heavy atom. The van der Waals surface area contributed by atoms with Gasteiger partial charge in [-0.25, -0.2) is 4.98 Å². The molecular weight excluding hydrogens is 238 g/mol. The van der Waals surface area contributed by atoms with E-state index in [0.29, 0.717) is 0 Å². The number of hydrogen-bond donors (Lipinski definition) is 2. The standard InChI is InChI=1S/C15H23N3O/c1-5-11(9-19)15(18(3)4)12-6-7-13-14(8-12)17-10(2)16-13/h6-8,11,15,19H,5,9H2,1-4H3,(H,16,17). The van der Waals surface area contributed by atoms with Crippen molar-refractivity contribution in [2.75, 3.05) is 20.7 Å². The van der Waals surface area contributed by atoms with Crippen molar-refractivity contribution in [2.45, 2.75) is 26.3 Å². The molecule has 19 heavy (non-hydrogen) atoms. The zero-order valence-corrected chi connectivity index (χ0v) is 12.1. The fraction of sp³-hybridized carbons (Fsp3) is 0.533. The van der Waals surface area contributed by atoms with Crippen LogP contribution in [0.15, 0.2) is 18.2 Å². The molecule has 0 spiro atoms. The number of fused-ring (bicyclic) bond motifs is 1. The molecular formula is C15H23N3O. The first-order valence-electron chi connectivity index (χ1n) is 6.80. The van der Waals surface area contributed by atoms with Crippen LogP contribution in [-0.4, -0.2) is 40.7 Å². The molecule has 0 amide bonds. The molecule has 4 nitrogen and oxygen atoms in total. The van der Waals surface area contributed by atoms with Crippen molar-refractivity contribution >= 4 is 11.0 Å². The molecule has 2 rings (SSSR count). The maximum absolute atomic E-state index is 9.58. The Morgan fingerprint density at radius 1 is 1.37 bits per heavy atom. The van der Waals surface area contributed by atoms with Crippen molar-refractivity contribution in [1.82, 2.24) is 14.9 Å². The first-order valence-corrected chi connectivity index (χ1v) is 6.80. The molecule has 0 aliphatic rings. The van der Waals surface area contributed by atoms with Crippen LogP contribution in [0.25, 0.3) is 11.0 Å². The number of H-pyrrole nitrogens is 1. The zero-order chi connectivity index (χ0) is 14.0. The molecule has 0 aliphatic carbocycles. The molecule has 1 heterocycles. The van der Waals surface area contributed by atoms with Gasteiger partial charge in [0.1, 0.15) is 5.82 Å². The van der Waals surface area contributed by atoms with E-state index in [0.717, 1.165) is 23.3 Å². The quantitative estimate of drug-likeness (QED) is 0.869. The van der Waals surface area contributed by atoms with Gasteiger partial charge in [0.15, 0.2) is 0 Å². The molecule has 2 atom stereocenters. The maximum Gasteiger partial charge on any atom is 0.104 e. The number of rotatable bonds is 5. The summed E-state index contributed by atoms with van der Waals surface area (Å²) in [5.74, 6) is 1.18. The van der Waals surface area contributed by atoms with Gasteiger partial charge >= 0.3 is 0 Å². The number of hydrogen-bond acceptors (Lipinski definition) is 3. The number of aliphatic hydroxyl groups excluding tert-OH is 1. The summed E-state index contributed by atoms with van der Waals surface area (Å²) in [4.78, 5) is 9.88. The van der Waals surface area contributed by atoms with Gasteiger partial charge in [-0.3, -0.25) is 0 Å². The summed E-state index contributed by atoms with van der Waals surface area (Å²) in [7, 11) is 4.12. The van der Waals surface area contributed by atoms with E-state index in [1.165, 1.54) is 5.56 Å². The predicted octanol–water partition coefficient (Wildman–Crippen LogP) is 2.49. The van der Waals surface area contributed by atoms with Crippen LogP contribution in [0.4, 0.5) is 0 Å². The second kappa shape index (κ2) is 5.72. The minimum Gasteiger partial charge on any atom is -0.396 e. The molecule has 0 saturated carbocycles. The molecule has 1 aromatic heterocycles. The minimum atomic E-state index is 0.208. The third-order valence-corrected chi connectivity index (χ3v) is 3.73. The molecule has 104 valence electrons. The molecule has 0 fully saturated rings. The molecule has 2 N–H and O–H groups in total. The fourth-order valence-corrected chi connectivity index (χ4v) is 2.78. The topological polar surface area (TPSA) is 52.2 Å². The largest absolute Gasteiger partial charge is 0.396 e. The van der Waals surface area contributed by atoms with E-state index in [1.807, 2.05) is 6.92 Å². The first-order chi connectivity index (χ1) is 9.06. The number of nitrogens with one attached hydrogen (secondary N) is 1.